The fourth-order valence-electron chi connectivity index (χ4n) is 4.00. The number of hydroxylamine groups is 2. The molecule has 3 aliphatic rings. The lowest BCUT2D eigenvalue weighted by Gasteiger charge is -2.45. The Hall–Kier alpha value is -3.24. The van der Waals surface area contributed by atoms with Crippen LogP contribution < -0.4 is 4.90 Å². The van der Waals surface area contributed by atoms with Gasteiger partial charge in [-0.05, 0) is 29.3 Å². The maximum atomic E-state index is 11.3. The molecule has 0 spiro atoms. The van der Waals surface area contributed by atoms with Gasteiger partial charge >= 0.3 is 0 Å². The van der Waals surface area contributed by atoms with E-state index < -0.39 is 0 Å². The standard InChI is InChI=1S/C23H21N3O/c27-26-22(24-14-6-1-7-15-24)17-19-10-2-4-12-20(19)23(26)25-16-8-11-18-9-3-5-13-21(18)25/h1-14,17,23,27H,15-16H2. The lowest BCUT2D eigenvalue weighted by Crippen LogP contribution is -2.45. The second-order valence-electron chi connectivity index (χ2n) is 6.89. The van der Waals surface area contributed by atoms with Gasteiger partial charge in [-0.2, -0.15) is 0 Å². The summed E-state index contributed by atoms with van der Waals surface area (Å²) in [5, 5.41) is 12.7. The minimum absolute atomic E-state index is 0.286. The molecule has 5 rings (SSSR count). The molecule has 1 atom stereocenters. The minimum atomic E-state index is -0.286. The summed E-state index contributed by atoms with van der Waals surface area (Å²) in [5.74, 6) is 0.784. The highest BCUT2D eigenvalue weighted by atomic mass is 16.5. The molecular weight excluding hydrogens is 334 g/mol. The molecule has 0 fully saturated rings. The fraction of sp³-hybridized carbons (Fsp3) is 0.130. The molecule has 0 aliphatic carbocycles. The van der Waals surface area contributed by atoms with Crippen molar-refractivity contribution in [1.29, 1.82) is 0 Å². The normalized spacial score (nSPS) is 20.4. The van der Waals surface area contributed by atoms with Crippen molar-refractivity contribution in [1.82, 2.24) is 9.96 Å². The van der Waals surface area contributed by atoms with Crippen LogP contribution in [0.2, 0.25) is 0 Å². The second-order valence-corrected chi connectivity index (χ2v) is 6.89. The number of hydrogen-bond donors (Lipinski definition) is 1. The van der Waals surface area contributed by atoms with Crippen LogP contribution >= 0.6 is 0 Å². The molecule has 1 unspecified atom stereocenters. The van der Waals surface area contributed by atoms with Crippen LogP contribution in [0, 0.1) is 0 Å². The van der Waals surface area contributed by atoms with E-state index in [2.05, 4.69) is 64.4 Å². The molecule has 2 aromatic carbocycles. The molecule has 0 bridgehead atoms. The van der Waals surface area contributed by atoms with Gasteiger partial charge in [0, 0.05) is 30.5 Å². The van der Waals surface area contributed by atoms with Gasteiger partial charge in [0.15, 0.2) is 6.17 Å². The van der Waals surface area contributed by atoms with Crippen molar-refractivity contribution in [2.75, 3.05) is 18.0 Å². The Morgan fingerprint density at radius 1 is 0.852 bits per heavy atom. The Kier molecular flexibility index (Phi) is 3.84. The van der Waals surface area contributed by atoms with Crippen molar-refractivity contribution in [3.05, 3.63) is 102 Å². The second kappa shape index (κ2) is 6.49. The maximum absolute atomic E-state index is 11.3. The molecule has 3 aliphatic heterocycles. The molecule has 3 heterocycles. The first kappa shape index (κ1) is 16.0. The van der Waals surface area contributed by atoms with Gasteiger partial charge in [0.2, 0.25) is 0 Å². The summed E-state index contributed by atoms with van der Waals surface area (Å²) in [6.45, 7) is 1.49. The number of allylic oxidation sites excluding steroid dienone is 2. The van der Waals surface area contributed by atoms with Crippen LogP contribution in [-0.2, 0) is 0 Å². The van der Waals surface area contributed by atoms with Gasteiger partial charge in [0.05, 0.1) is 0 Å². The summed E-state index contributed by atoms with van der Waals surface area (Å²) in [4.78, 5) is 4.32. The van der Waals surface area contributed by atoms with Crippen molar-refractivity contribution in [3.63, 3.8) is 0 Å². The highest BCUT2D eigenvalue weighted by Crippen LogP contribution is 2.41. The van der Waals surface area contributed by atoms with Gasteiger partial charge in [-0.15, -0.1) is 0 Å². The number of benzene rings is 2. The lowest BCUT2D eigenvalue weighted by molar-refractivity contribution is -0.113. The lowest BCUT2D eigenvalue weighted by atomic mass is 9.97. The molecule has 0 saturated carbocycles. The van der Waals surface area contributed by atoms with E-state index in [1.165, 1.54) is 10.6 Å². The smallest absolute Gasteiger partial charge is 0.155 e. The van der Waals surface area contributed by atoms with E-state index in [0.717, 1.165) is 35.7 Å². The van der Waals surface area contributed by atoms with Crippen LogP contribution in [0.1, 0.15) is 22.9 Å². The van der Waals surface area contributed by atoms with Crippen LogP contribution in [0.3, 0.4) is 0 Å². The van der Waals surface area contributed by atoms with E-state index in [0.29, 0.717) is 0 Å². The van der Waals surface area contributed by atoms with Gasteiger partial charge in [-0.3, -0.25) is 5.21 Å². The SMILES string of the molecule is ON1C(N2C=CC=CC2)=Cc2ccccc2C1N1CC=Cc2ccccc21. The Morgan fingerprint density at radius 2 is 1.67 bits per heavy atom. The maximum Gasteiger partial charge on any atom is 0.155 e. The Bertz CT molecular complexity index is 989. The van der Waals surface area contributed by atoms with E-state index in [4.69, 9.17) is 0 Å². The number of para-hydroxylation sites is 1. The first-order valence-corrected chi connectivity index (χ1v) is 9.24. The van der Waals surface area contributed by atoms with Crippen molar-refractivity contribution in [2.45, 2.75) is 6.17 Å². The van der Waals surface area contributed by atoms with Gasteiger partial charge in [-0.25, -0.2) is 5.06 Å². The zero-order chi connectivity index (χ0) is 18.2. The minimum Gasteiger partial charge on any atom is -0.341 e. The monoisotopic (exact) mass is 355 g/mol. The number of nitrogens with zero attached hydrogens (tertiary/aromatic N) is 3. The molecule has 27 heavy (non-hydrogen) atoms. The molecule has 4 heteroatoms. The Labute approximate surface area is 159 Å². The summed E-state index contributed by atoms with van der Waals surface area (Å²) < 4.78 is 0. The fourth-order valence-corrected chi connectivity index (χ4v) is 4.00. The zero-order valence-electron chi connectivity index (χ0n) is 14.9. The number of rotatable bonds is 2. The molecule has 0 aromatic heterocycles. The van der Waals surface area contributed by atoms with Gasteiger partial charge < -0.3 is 9.80 Å². The van der Waals surface area contributed by atoms with Crippen molar-refractivity contribution < 1.29 is 5.21 Å². The summed E-state index contributed by atoms with van der Waals surface area (Å²) in [7, 11) is 0. The third kappa shape index (κ3) is 2.66. The highest BCUT2D eigenvalue weighted by molar-refractivity contribution is 5.73. The molecule has 134 valence electrons. The Balaban J connectivity index is 1.62. The molecule has 0 radical (unpaired) electrons. The van der Waals surface area contributed by atoms with Crippen LogP contribution in [0.15, 0.2) is 84.9 Å². The summed E-state index contributed by atoms with van der Waals surface area (Å²) in [5.41, 5.74) is 4.55. The van der Waals surface area contributed by atoms with E-state index in [1.807, 2.05) is 36.6 Å². The average Bonchev–Trinajstić information content (AvgIpc) is 2.74. The molecule has 0 saturated heterocycles. The third-order valence-electron chi connectivity index (χ3n) is 5.28. The van der Waals surface area contributed by atoms with Gasteiger partial charge in [0.25, 0.3) is 0 Å². The van der Waals surface area contributed by atoms with Crippen LogP contribution in [0.4, 0.5) is 5.69 Å². The quantitative estimate of drug-likeness (QED) is 0.852. The number of fused-ring (bicyclic) bond motifs is 2. The van der Waals surface area contributed by atoms with Gasteiger partial charge in [-0.1, -0.05) is 66.8 Å². The zero-order valence-corrected chi connectivity index (χ0v) is 14.9. The molecule has 4 nitrogen and oxygen atoms in total. The van der Waals surface area contributed by atoms with E-state index in [9.17, 15) is 5.21 Å². The third-order valence-corrected chi connectivity index (χ3v) is 5.28. The van der Waals surface area contributed by atoms with Crippen molar-refractivity contribution >= 4 is 17.8 Å². The molecule has 0 amide bonds. The van der Waals surface area contributed by atoms with Crippen LogP contribution in [-0.4, -0.2) is 28.3 Å². The highest BCUT2D eigenvalue weighted by Gasteiger charge is 2.35. The van der Waals surface area contributed by atoms with E-state index in [1.54, 1.807) is 0 Å². The molecule has 2 aromatic rings. The first-order valence-electron chi connectivity index (χ1n) is 9.24. The van der Waals surface area contributed by atoms with E-state index >= 15 is 0 Å². The summed E-state index contributed by atoms with van der Waals surface area (Å²) in [6, 6.07) is 16.6. The predicted molar refractivity (Wildman–Crippen MR) is 109 cm³/mol. The molecular formula is C23H21N3O. The number of hydrogen-bond acceptors (Lipinski definition) is 4. The topological polar surface area (TPSA) is 30.0 Å². The van der Waals surface area contributed by atoms with Crippen LogP contribution in [0.25, 0.3) is 12.2 Å². The van der Waals surface area contributed by atoms with E-state index in [-0.39, 0.29) is 6.17 Å². The largest absolute Gasteiger partial charge is 0.341 e. The van der Waals surface area contributed by atoms with Crippen LogP contribution in [0.5, 0.6) is 0 Å². The summed E-state index contributed by atoms with van der Waals surface area (Å²) >= 11 is 0. The van der Waals surface area contributed by atoms with Crippen molar-refractivity contribution in [3.8, 4) is 0 Å². The average molecular weight is 355 g/mol. The first-order chi connectivity index (χ1) is 13.3. The van der Waals surface area contributed by atoms with Crippen molar-refractivity contribution in [2.24, 2.45) is 0 Å². The van der Waals surface area contributed by atoms with Gasteiger partial charge in [0.1, 0.15) is 5.82 Å². The predicted octanol–water partition coefficient (Wildman–Crippen LogP) is 4.61. The Morgan fingerprint density at radius 3 is 2.52 bits per heavy atom. The summed E-state index contributed by atoms with van der Waals surface area (Å²) in [6.07, 6.45) is 14.2. The number of anilines is 1. The molecule has 1 N–H and O–H groups in total.